The number of phenols is 1. The Morgan fingerprint density at radius 2 is 1.89 bits per heavy atom. The number of hydrogen-bond donors (Lipinski definition) is 2. The molecular formula is C20H30N4O3. The van der Waals surface area contributed by atoms with E-state index in [4.69, 9.17) is 0 Å². The fraction of sp³-hybridized carbons (Fsp3) is 0.450. The first kappa shape index (κ1) is 19.1. The van der Waals surface area contributed by atoms with E-state index in [1.165, 1.54) is 0 Å². The Morgan fingerprint density at radius 1 is 1.19 bits per heavy atom. The summed E-state index contributed by atoms with van der Waals surface area (Å²) in [6.07, 6.45) is 1.22. The molecule has 0 bridgehead atoms. The van der Waals surface area contributed by atoms with Crippen molar-refractivity contribution in [3.8, 4) is 17.0 Å². The Kier molecular flexibility index (Phi) is 5.91. The molecule has 1 aromatic carbocycles. The van der Waals surface area contributed by atoms with Crippen LogP contribution in [0.25, 0.3) is 11.3 Å². The van der Waals surface area contributed by atoms with Crippen LogP contribution >= 0.6 is 0 Å². The topological polar surface area (TPSA) is 89.8 Å². The molecule has 1 saturated heterocycles. The number of aromatic nitrogens is 2. The number of amides is 1. The number of benzene rings is 1. The van der Waals surface area contributed by atoms with Crippen molar-refractivity contribution >= 4 is 11.9 Å². The van der Waals surface area contributed by atoms with E-state index < -0.39 is 6.10 Å². The molecule has 1 atom stereocenters. The Morgan fingerprint density at radius 3 is 2.56 bits per heavy atom. The van der Waals surface area contributed by atoms with E-state index in [1.54, 1.807) is 29.3 Å². The zero-order valence-electron chi connectivity index (χ0n) is 15.7. The summed E-state index contributed by atoms with van der Waals surface area (Å²) in [5, 5.41) is 20.1. The molecule has 2 aromatic rings. The molecular weight excluding hydrogens is 344 g/mol. The predicted molar refractivity (Wildman–Crippen MR) is 108 cm³/mol. The van der Waals surface area contributed by atoms with Gasteiger partial charge in [-0.3, -0.25) is 4.79 Å². The molecule has 0 aliphatic carbocycles. The highest BCUT2D eigenvalue weighted by molar-refractivity contribution is 5.81. The number of para-hydroxylation sites is 1. The van der Waals surface area contributed by atoms with Gasteiger partial charge in [-0.2, -0.15) is 0 Å². The lowest BCUT2D eigenvalue weighted by Gasteiger charge is -2.35. The molecule has 1 amide bonds. The van der Waals surface area contributed by atoms with E-state index in [0.29, 0.717) is 49.8 Å². The van der Waals surface area contributed by atoms with Crippen LogP contribution in [-0.4, -0.2) is 63.3 Å². The first-order valence-corrected chi connectivity index (χ1v) is 9.29. The van der Waals surface area contributed by atoms with E-state index >= 15 is 0 Å². The minimum absolute atomic E-state index is 0. The number of rotatable bonds is 5. The summed E-state index contributed by atoms with van der Waals surface area (Å²) in [5.74, 6) is 0.824. The molecule has 7 heteroatoms. The molecule has 1 aromatic heterocycles. The highest BCUT2D eigenvalue weighted by atomic mass is 16.3. The zero-order valence-corrected chi connectivity index (χ0v) is 15.7. The van der Waals surface area contributed by atoms with Crippen LogP contribution in [0.3, 0.4) is 0 Å². The normalized spacial score (nSPS) is 15.9. The number of aromatic hydroxyl groups is 1. The molecule has 3 rings (SSSR count). The molecule has 7 nitrogen and oxygen atoms in total. The van der Waals surface area contributed by atoms with Gasteiger partial charge in [-0.15, -0.1) is 0 Å². The van der Waals surface area contributed by atoms with Crippen LogP contribution in [0.2, 0.25) is 0 Å². The number of phenolic OH excluding ortho intramolecular Hbond substituents is 1. The summed E-state index contributed by atoms with van der Waals surface area (Å²) >= 11 is 0. The van der Waals surface area contributed by atoms with Gasteiger partial charge in [0.1, 0.15) is 11.9 Å². The lowest BCUT2D eigenvalue weighted by atomic mass is 10.0. The minimum atomic E-state index is -0.933. The lowest BCUT2D eigenvalue weighted by molar-refractivity contribution is -0.141. The van der Waals surface area contributed by atoms with Crippen molar-refractivity contribution in [2.24, 2.45) is 5.92 Å². The highest BCUT2D eigenvalue weighted by Gasteiger charge is 2.27. The van der Waals surface area contributed by atoms with Gasteiger partial charge in [-0.25, -0.2) is 9.97 Å². The maximum absolute atomic E-state index is 12.4. The number of aliphatic hydroxyl groups is 1. The largest absolute Gasteiger partial charge is 0.507 e. The molecule has 1 aliphatic rings. The van der Waals surface area contributed by atoms with Gasteiger partial charge in [0.2, 0.25) is 5.95 Å². The van der Waals surface area contributed by atoms with Gasteiger partial charge in [0.25, 0.3) is 5.91 Å². The van der Waals surface area contributed by atoms with Crippen LogP contribution in [0.4, 0.5) is 5.95 Å². The first-order valence-electron chi connectivity index (χ1n) is 9.29. The third-order valence-electron chi connectivity index (χ3n) is 4.68. The van der Waals surface area contributed by atoms with E-state index in [0.717, 1.165) is 0 Å². The van der Waals surface area contributed by atoms with Crippen molar-refractivity contribution in [2.75, 3.05) is 31.1 Å². The Bertz CT molecular complexity index is 799. The van der Waals surface area contributed by atoms with Gasteiger partial charge in [-0.1, -0.05) is 26.0 Å². The molecule has 1 aliphatic heterocycles. The van der Waals surface area contributed by atoms with Crippen molar-refractivity contribution in [1.29, 1.82) is 0 Å². The van der Waals surface area contributed by atoms with E-state index in [2.05, 4.69) is 9.97 Å². The number of hydrogen-bond acceptors (Lipinski definition) is 6. The summed E-state index contributed by atoms with van der Waals surface area (Å²) in [5.41, 5.74) is 1.32. The number of carbonyl (C=O) groups excluding carboxylic acids is 1. The van der Waals surface area contributed by atoms with Crippen molar-refractivity contribution in [1.82, 2.24) is 14.9 Å². The Balaban J connectivity index is 0.00000210. The van der Waals surface area contributed by atoms with Crippen LogP contribution in [-0.2, 0) is 4.79 Å². The second kappa shape index (κ2) is 8.35. The monoisotopic (exact) mass is 374 g/mol. The molecule has 0 unspecified atom stereocenters. The van der Waals surface area contributed by atoms with Gasteiger partial charge >= 0.3 is 0 Å². The summed E-state index contributed by atoms with van der Waals surface area (Å²) in [7, 11) is 0. The van der Waals surface area contributed by atoms with Crippen LogP contribution in [0.15, 0.2) is 36.5 Å². The van der Waals surface area contributed by atoms with E-state index in [-0.39, 0.29) is 20.4 Å². The smallest absolute Gasteiger partial charge is 0.251 e. The molecule has 1 fully saturated rings. The zero-order chi connectivity index (χ0) is 19.4. The fourth-order valence-electron chi connectivity index (χ4n) is 3.23. The van der Waals surface area contributed by atoms with E-state index in [9.17, 15) is 15.0 Å². The van der Waals surface area contributed by atoms with Crippen LogP contribution in [0.1, 0.15) is 23.1 Å². The number of piperazine rings is 1. The van der Waals surface area contributed by atoms with Gasteiger partial charge in [0, 0.05) is 40.8 Å². The number of aliphatic hydroxyl groups excluding tert-OH is 1. The highest BCUT2D eigenvalue weighted by Crippen LogP contribution is 2.27. The van der Waals surface area contributed by atoms with Crippen molar-refractivity contribution in [2.45, 2.75) is 26.4 Å². The average Bonchev–Trinajstić information content (AvgIpc) is 2.67. The SMILES string of the molecule is CC(C)C[C@@H](O)C(=O)N1CCN(c2nccc(-c3ccccc3O)n2)CC1.[HH].[HH]. The minimum Gasteiger partial charge on any atom is -0.507 e. The standard InChI is InChI=1S/C20H26N4O3.2H2/c1-14(2)13-18(26)19(27)23-9-11-24(12-10-23)20-21-8-7-16(22-20)15-5-3-4-6-17(15)25;;/h3-8,14,18,25-26H,9-13H2,1-2H3;2*1H/t18-;;/m1../s1. The fourth-order valence-corrected chi connectivity index (χ4v) is 3.23. The van der Waals surface area contributed by atoms with Crippen molar-refractivity contribution in [3.05, 3.63) is 36.5 Å². The molecule has 0 saturated carbocycles. The van der Waals surface area contributed by atoms with Crippen molar-refractivity contribution in [3.63, 3.8) is 0 Å². The average molecular weight is 374 g/mol. The predicted octanol–water partition coefficient (Wildman–Crippen LogP) is 2.40. The van der Waals surface area contributed by atoms with Gasteiger partial charge < -0.3 is 20.0 Å². The van der Waals surface area contributed by atoms with Crippen LogP contribution in [0, 0.1) is 5.92 Å². The number of nitrogens with zero attached hydrogens (tertiary/aromatic N) is 4. The molecule has 27 heavy (non-hydrogen) atoms. The summed E-state index contributed by atoms with van der Waals surface area (Å²) in [4.78, 5) is 25.0. The Hall–Kier alpha value is -2.67. The second-order valence-electron chi connectivity index (χ2n) is 7.22. The molecule has 2 N–H and O–H groups in total. The third kappa shape index (κ3) is 4.54. The summed E-state index contributed by atoms with van der Waals surface area (Å²) in [6, 6.07) is 8.83. The Labute approximate surface area is 162 Å². The molecule has 2 heterocycles. The summed E-state index contributed by atoms with van der Waals surface area (Å²) in [6.45, 7) is 6.23. The molecule has 0 spiro atoms. The first-order chi connectivity index (χ1) is 13.0. The number of carbonyl (C=O) groups is 1. The quantitative estimate of drug-likeness (QED) is 0.835. The summed E-state index contributed by atoms with van der Waals surface area (Å²) < 4.78 is 0. The maximum Gasteiger partial charge on any atom is 0.251 e. The number of anilines is 1. The van der Waals surface area contributed by atoms with E-state index in [1.807, 2.05) is 30.9 Å². The second-order valence-corrected chi connectivity index (χ2v) is 7.22. The lowest BCUT2D eigenvalue weighted by Crippen LogP contribution is -2.52. The van der Waals surface area contributed by atoms with Crippen molar-refractivity contribution < 1.29 is 17.9 Å². The van der Waals surface area contributed by atoms with Gasteiger partial charge in [0.15, 0.2) is 0 Å². The van der Waals surface area contributed by atoms with Crippen LogP contribution < -0.4 is 4.90 Å². The maximum atomic E-state index is 12.4. The molecule has 148 valence electrons. The van der Waals surface area contributed by atoms with Gasteiger partial charge in [0.05, 0.1) is 5.69 Å². The van der Waals surface area contributed by atoms with Gasteiger partial charge in [-0.05, 0) is 30.5 Å². The van der Waals surface area contributed by atoms with Crippen LogP contribution in [0.5, 0.6) is 5.75 Å². The third-order valence-corrected chi connectivity index (χ3v) is 4.68. The molecule has 0 radical (unpaired) electrons.